The number of piperazine rings is 1. The number of unbranched alkanes of at least 4 members (excludes halogenated alkanes) is 3. The predicted molar refractivity (Wildman–Crippen MR) is 79.4 cm³/mol. The van der Waals surface area contributed by atoms with Crippen LogP contribution in [0.25, 0.3) is 0 Å². The molecule has 1 rings (SSSR count). The zero-order valence-corrected chi connectivity index (χ0v) is 12.3. The summed E-state index contributed by atoms with van der Waals surface area (Å²) in [5.74, 6) is 0. The Bertz CT molecular complexity index is 229. The van der Waals surface area contributed by atoms with Gasteiger partial charge in [0, 0.05) is 38.8 Å². The van der Waals surface area contributed by atoms with Crippen LogP contribution in [0, 0.1) is 0 Å². The van der Waals surface area contributed by atoms with E-state index >= 15 is 0 Å². The van der Waals surface area contributed by atoms with Gasteiger partial charge in [-0.15, -0.1) is 0 Å². The summed E-state index contributed by atoms with van der Waals surface area (Å²) in [7, 11) is 0. The lowest BCUT2D eigenvalue weighted by molar-refractivity contribution is 0.240. The van der Waals surface area contributed by atoms with Gasteiger partial charge in [-0.3, -0.25) is 0 Å². The van der Waals surface area contributed by atoms with E-state index in [2.05, 4.69) is 28.2 Å². The van der Waals surface area contributed by atoms with Crippen molar-refractivity contribution < 1.29 is 4.79 Å². The molecule has 0 bridgehead atoms. The highest BCUT2D eigenvalue weighted by atomic mass is 16.2. The maximum absolute atomic E-state index is 11.5. The Kier molecular flexibility index (Phi) is 9.45. The average molecular weight is 270 g/mol. The van der Waals surface area contributed by atoms with Crippen LogP contribution in [0.5, 0.6) is 0 Å². The van der Waals surface area contributed by atoms with E-state index in [1.807, 2.05) is 0 Å². The Morgan fingerprint density at radius 3 is 2.58 bits per heavy atom. The lowest BCUT2D eigenvalue weighted by Crippen LogP contribution is -2.48. The Hall–Kier alpha value is -0.810. The van der Waals surface area contributed by atoms with Crippen molar-refractivity contribution in [1.29, 1.82) is 0 Å². The fraction of sp³-hybridized carbons (Fsp3) is 0.929. The van der Waals surface area contributed by atoms with E-state index in [4.69, 9.17) is 0 Å². The van der Waals surface area contributed by atoms with Gasteiger partial charge < -0.3 is 21.3 Å². The molecular formula is C14H30N4O. The minimum Gasteiger partial charge on any atom is -0.338 e. The van der Waals surface area contributed by atoms with E-state index in [0.29, 0.717) is 6.04 Å². The molecule has 0 radical (unpaired) electrons. The summed E-state index contributed by atoms with van der Waals surface area (Å²) < 4.78 is 0. The maximum atomic E-state index is 11.5. The molecule has 0 aromatic heterocycles. The molecule has 0 aromatic carbocycles. The summed E-state index contributed by atoms with van der Waals surface area (Å²) in [6, 6.07) is 0.541. The second-order valence-electron chi connectivity index (χ2n) is 5.24. The summed E-state index contributed by atoms with van der Waals surface area (Å²) in [4.78, 5) is 11.5. The second-order valence-corrected chi connectivity index (χ2v) is 5.24. The van der Waals surface area contributed by atoms with Crippen molar-refractivity contribution in [3.63, 3.8) is 0 Å². The standard InChI is InChI=1S/C14H30N4O/c1-2-3-4-5-8-17-14(19)18-9-6-7-13-12-15-10-11-16-13/h13,15-16H,2-12H2,1H3,(H2,17,18,19). The van der Waals surface area contributed by atoms with Gasteiger partial charge in [0.1, 0.15) is 0 Å². The molecule has 1 aliphatic heterocycles. The molecule has 4 N–H and O–H groups in total. The molecule has 2 amide bonds. The minimum absolute atomic E-state index is 0.0220. The highest BCUT2D eigenvalue weighted by Gasteiger charge is 2.10. The van der Waals surface area contributed by atoms with Crippen LogP contribution < -0.4 is 21.3 Å². The molecule has 1 fully saturated rings. The number of amides is 2. The number of hydrogen-bond donors (Lipinski definition) is 4. The lowest BCUT2D eigenvalue weighted by Gasteiger charge is -2.24. The number of hydrogen-bond acceptors (Lipinski definition) is 3. The van der Waals surface area contributed by atoms with E-state index < -0.39 is 0 Å². The van der Waals surface area contributed by atoms with Gasteiger partial charge in [0.05, 0.1) is 0 Å². The lowest BCUT2D eigenvalue weighted by atomic mass is 10.1. The highest BCUT2D eigenvalue weighted by molar-refractivity contribution is 5.73. The molecule has 5 nitrogen and oxygen atoms in total. The van der Waals surface area contributed by atoms with Crippen LogP contribution in [0.15, 0.2) is 0 Å². The van der Waals surface area contributed by atoms with Crippen LogP contribution in [-0.4, -0.2) is 44.8 Å². The molecule has 5 heteroatoms. The van der Waals surface area contributed by atoms with Crippen molar-refractivity contribution in [3.8, 4) is 0 Å². The molecule has 0 saturated carbocycles. The van der Waals surface area contributed by atoms with E-state index in [9.17, 15) is 4.79 Å². The zero-order valence-electron chi connectivity index (χ0n) is 12.3. The monoisotopic (exact) mass is 270 g/mol. The molecule has 0 spiro atoms. The molecule has 1 atom stereocenters. The molecule has 19 heavy (non-hydrogen) atoms. The quantitative estimate of drug-likeness (QED) is 0.476. The van der Waals surface area contributed by atoms with Crippen LogP contribution in [0.1, 0.15) is 45.4 Å². The largest absolute Gasteiger partial charge is 0.338 e. The summed E-state index contributed by atoms with van der Waals surface area (Å²) in [6.07, 6.45) is 6.92. The molecule has 1 aliphatic rings. The van der Waals surface area contributed by atoms with E-state index in [0.717, 1.165) is 52.0 Å². The first-order valence-corrected chi connectivity index (χ1v) is 7.78. The maximum Gasteiger partial charge on any atom is 0.314 e. The van der Waals surface area contributed by atoms with E-state index in [1.165, 1.54) is 19.3 Å². The Morgan fingerprint density at radius 2 is 1.89 bits per heavy atom. The van der Waals surface area contributed by atoms with Crippen LogP contribution in [0.4, 0.5) is 4.79 Å². The van der Waals surface area contributed by atoms with Crippen LogP contribution >= 0.6 is 0 Å². The van der Waals surface area contributed by atoms with Gasteiger partial charge >= 0.3 is 6.03 Å². The molecule has 1 heterocycles. The summed E-state index contributed by atoms with van der Waals surface area (Å²) >= 11 is 0. The number of carbonyl (C=O) groups excluding carboxylic acids is 1. The first kappa shape index (κ1) is 16.2. The third-order valence-corrected chi connectivity index (χ3v) is 3.46. The molecule has 112 valence electrons. The van der Waals surface area contributed by atoms with Crippen molar-refractivity contribution in [2.75, 3.05) is 32.7 Å². The normalized spacial score (nSPS) is 19.1. The SMILES string of the molecule is CCCCCCNC(=O)NCCCC1CNCCN1. The van der Waals surface area contributed by atoms with Gasteiger partial charge in [-0.05, 0) is 19.3 Å². The van der Waals surface area contributed by atoms with Crippen molar-refractivity contribution in [2.45, 2.75) is 51.5 Å². The number of carbonyl (C=O) groups is 1. The van der Waals surface area contributed by atoms with Crippen molar-refractivity contribution in [3.05, 3.63) is 0 Å². The van der Waals surface area contributed by atoms with Gasteiger partial charge in [-0.2, -0.15) is 0 Å². The smallest absolute Gasteiger partial charge is 0.314 e. The van der Waals surface area contributed by atoms with Gasteiger partial charge in [0.15, 0.2) is 0 Å². The fourth-order valence-electron chi connectivity index (χ4n) is 2.28. The first-order valence-electron chi connectivity index (χ1n) is 7.78. The summed E-state index contributed by atoms with van der Waals surface area (Å²) in [5.41, 5.74) is 0. The summed E-state index contributed by atoms with van der Waals surface area (Å²) in [6.45, 7) is 6.91. The molecule has 0 aromatic rings. The predicted octanol–water partition coefficient (Wildman–Crippen LogP) is 1.21. The van der Waals surface area contributed by atoms with Gasteiger partial charge in [-0.25, -0.2) is 4.79 Å². The van der Waals surface area contributed by atoms with Gasteiger partial charge in [0.2, 0.25) is 0 Å². The fourth-order valence-corrected chi connectivity index (χ4v) is 2.28. The summed E-state index contributed by atoms with van der Waals surface area (Å²) in [5, 5.41) is 12.7. The van der Waals surface area contributed by atoms with Crippen LogP contribution in [0.3, 0.4) is 0 Å². The van der Waals surface area contributed by atoms with Crippen LogP contribution in [-0.2, 0) is 0 Å². The molecular weight excluding hydrogens is 240 g/mol. The zero-order chi connectivity index (χ0) is 13.8. The van der Waals surface area contributed by atoms with E-state index in [1.54, 1.807) is 0 Å². The van der Waals surface area contributed by atoms with Crippen LogP contribution in [0.2, 0.25) is 0 Å². The number of urea groups is 1. The highest BCUT2D eigenvalue weighted by Crippen LogP contribution is 1.98. The molecule has 1 unspecified atom stereocenters. The third kappa shape index (κ3) is 8.83. The second kappa shape index (κ2) is 11.1. The van der Waals surface area contributed by atoms with Crippen molar-refractivity contribution >= 4 is 6.03 Å². The van der Waals surface area contributed by atoms with E-state index in [-0.39, 0.29) is 6.03 Å². The molecule has 0 aliphatic carbocycles. The third-order valence-electron chi connectivity index (χ3n) is 3.46. The van der Waals surface area contributed by atoms with Crippen molar-refractivity contribution in [1.82, 2.24) is 21.3 Å². The minimum atomic E-state index is -0.0220. The van der Waals surface area contributed by atoms with Crippen molar-refractivity contribution in [2.24, 2.45) is 0 Å². The Morgan fingerprint density at radius 1 is 1.11 bits per heavy atom. The number of rotatable bonds is 9. The topological polar surface area (TPSA) is 65.2 Å². The first-order chi connectivity index (χ1) is 9.33. The molecule has 1 saturated heterocycles. The number of nitrogens with one attached hydrogen (secondary N) is 4. The Labute approximate surface area is 117 Å². The van der Waals surface area contributed by atoms with Gasteiger partial charge in [-0.1, -0.05) is 26.2 Å². The van der Waals surface area contributed by atoms with Gasteiger partial charge in [0.25, 0.3) is 0 Å². The Balaban J connectivity index is 1.86. The average Bonchev–Trinajstić information content (AvgIpc) is 2.44.